The van der Waals surface area contributed by atoms with Crippen molar-refractivity contribution in [2.45, 2.75) is 25.9 Å². The van der Waals surface area contributed by atoms with E-state index in [9.17, 15) is 4.39 Å². The van der Waals surface area contributed by atoms with Crippen LogP contribution < -0.4 is 0 Å². The second kappa shape index (κ2) is 5.80. The lowest BCUT2D eigenvalue weighted by Gasteiger charge is -2.35. The van der Waals surface area contributed by atoms with Gasteiger partial charge in [-0.2, -0.15) is 0 Å². The van der Waals surface area contributed by atoms with E-state index < -0.39 is 0 Å². The maximum absolute atomic E-state index is 13.2. The molecule has 1 aromatic rings. The highest BCUT2D eigenvalue weighted by Crippen LogP contribution is 2.21. The molecule has 94 valence electrons. The maximum Gasteiger partial charge on any atom is 0.123 e. The molecule has 1 aromatic carbocycles. The molecule has 0 bridgehead atoms. The van der Waals surface area contributed by atoms with Gasteiger partial charge in [0.1, 0.15) is 5.82 Å². The highest BCUT2D eigenvalue weighted by Gasteiger charge is 2.22. The van der Waals surface area contributed by atoms with Gasteiger partial charge in [0.2, 0.25) is 0 Å². The fourth-order valence-electron chi connectivity index (χ4n) is 2.16. The Morgan fingerprint density at radius 1 is 1.53 bits per heavy atom. The van der Waals surface area contributed by atoms with Gasteiger partial charge in [0, 0.05) is 24.2 Å². The molecule has 2 rings (SSSR count). The van der Waals surface area contributed by atoms with E-state index in [2.05, 4.69) is 11.8 Å². The van der Waals surface area contributed by atoms with E-state index in [0.717, 1.165) is 31.7 Å². The van der Waals surface area contributed by atoms with Crippen molar-refractivity contribution in [3.63, 3.8) is 0 Å². The summed E-state index contributed by atoms with van der Waals surface area (Å²) in [6.07, 6.45) is 1.03. The lowest BCUT2D eigenvalue weighted by Crippen LogP contribution is -2.44. The van der Waals surface area contributed by atoms with Gasteiger partial charge < -0.3 is 4.74 Å². The van der Waals surface area contributed by atoms with Crippen molar-refractivity contribution >= 4 is 11.6 Å². The first-order chi connectivity index (χ1) is 8.20. The van der Waals surface area contributed by atoms with Gasteiger partial charge in [-0.1, -0.05) is 18.5 Å². The third-order valence-corrected chi connectivity index (χ3v) is 3.57. The van der Waals surface area contributed by atoms with Crippen LogP contribution in [0.25, 0.3) is 0 Å². The van der Waals surface area contributed by atoms with Crippen LogP contribution in [-0.2, 0) is 11.3 Å². The monoisotopic (exact) mass is 257 g/mol. The molecule has 17 heavy (non-hydrogen) atoms. The molecule has 0 aliphatic carbocycles. The smallest absolute Gasteiger partial charge is 0.123 e. The molecular formula is C13H17ClFNO. The van der Waals surface area contributed by atoms with E-state index in [1.165, 1.54) is 12.1 Å². The van der Waals surface area contributed by atoms with Crippen LogP contribution in [0.5, 0.6) is 0 Å². The number of hydrogen-bond acceptors (Lipinski definition) is 2. The number of nitrogens with zero attached hydrogens (tertiary/aromatic N) is 1. The first-order valence-corrected chi connectivity index (χ1v) is 6.34. The second-order valence-electron chi connectivity index (χ2n) is 4.34. The Hall–Kier alpha value is -0.640. The molecule has 0 spiro atoms. The first-order valence-electron chi connectivity index (χ1n) is 5.96. The molecule has 1 atom stereocenters. The Kier molecular flexibility index (Phi) is 4.37. The molecule has 1 aliphatic rings. The van der Waals surface area contributed by atoms with Crippen molar-refractivity contribution < 1.29 is 9.13 Å². The molecule has 0 unspecified atom stereocenters. The standard InChI is InChI=1S/C13H17ClFNO/c1-2-12-9-17-6-5-16(12)8-10-7-11(15)3-4-13(10)14/h3-4,7,12H,2,5-6,8-9H2,1H3/t12-/m0/s1. The van der Waals surface area contributed by atoms with Gasteiger partial charge in [-0.05, 0) is 30.2 Å². The highest BCUT2D eigenvalue weighted by molar-refractivity contribution is 6.31. The number of morpholine rings is 1. The van der Waals surface area contributed by atoms with Gasteiger partial charge in [0.15, 0.2) is 0 Å². The molecule has 1 saturated heterocycles. The van der Waals surface area contributed by atoms with Crippen LogP contribution >= 0.6 is 11.6 Å². The minimum atomic E-state index is -0.231. The van der Waals surface area contributed by atoms with Gasteiger partial charge in [-0.3, -0.25) is 4.90 Å². The van der Waals surface area contributed by atoms with Crippen molar-refractivity contribution in [3.05, 3.63) is 34.6 Å². The summed E-state index contributed by atoms with van der Waals surface area (Å²) in [6, 6.07) is 4.93. The summed E-state index contributed by atoms with van der Waals surface area (Å²) in [6.45, 7) is 5.20. The predicted octanol–water partition coefficient (Wildman–Crippen LogP) is 3.09. The third-order valence-electron chi connectivity index (χ3n) is 3.20. The molecule has 0 radical (unpaired) electrons. The molecule has 0 saturated carbocycles. The fourth-order valence-corrected chi connectivity index (χ4v) is 2.33. The molecular weight excluding hydrogens is 241 g/mol. The molecule has 0 amide bonds. The summed E-state index contributed by atoms with van der Waals surface area (Å²) in [5.74, 6) is -0.231. The van der Waals surface area contributed by atoms with Gasteiger partial charge in [-0.25, -0.2) is 4.39 Å². The average Bonchev–Trinajstić information content (AvgIpc) is 2.34. The molecule has 0 aromatic heterocycles. The minimum Gasteiger partial charge on any atom is -0.378 e. The van der Waals surface area contributed by atoms with Gasteiger partial charge >= 0.3 is 0 Å². The Morgan fingerprint density at radius 3 is 3.12 bits per heavy atom. The van der Waals surface area contributed by atoms with Crippen LogP contribution in [0.2, 0.25) is 5.02 Å². The Bertz CT molecular complexity index is 386. The van der Waals surface area contributed by atoms with E-state index >= 15 is 0 Å². The van der Waals surface area contributed by atoms with Crippen molar-refractivity contribution in [2.24, 2.45) is 0 Å². The third kappa shape index (κ3) is 3.18. The number of ether oxygens (including phenoxy) is 1. The van der Waals surface area contributed by atoms with Crippen molar-refractivity contribution in [3.8, 4) is 0 Å². The Labute approximate surface area is 106 Å². The zero-order valence-corrected chi connectivity index (χ0v) is 10.7. The SMILES string of the molecule is CC[C@H]1COCCN1Cc1cc(F)ccc1Cl. The van der Waals surface area contributed by atoms with E-state index in [1.807, 2.05) is 0 Å². The number of benzene rings is 1. The molecule has 1 heterocycles. The fraction of sp³-hybridized carbons (Fsp3) is 0.538. The Balaban J connectivity index is 2.10. The lowest BCUT2D eigenvalue weighted by molar-refractivity contribution is -0.0127. The first kappa shape index (κ1) is 12.8. The van der Waals surface area contributed by atoms with Gasteiger partial charge in [0.05, 0.1) is 13.2 Å². The number of halogens is 2. The van der Waals surface area contributed by atoms with Crippen LogP contribution in [0.15, 0.2) is 18.2 Å². The topological polar surface area (TPSA) is 12.5 Å². The van der Waals surface area contributed by atoms with Crippen LogP contribution in [0, 0.1) is 5.82 Å². The maximum atomic E-state index is 13.2. The van der Waals surface area contributed by atoms with Gasteiger partial charge in [0.25, 0.3) is 0 Å². The summed E-state index contributed by atoms with van der Waals surface area (Å²) in [5.41, 5.74) is 0.854. The van der Waals surface area contributed by atoms with Crippen molar-refractivity contribution in [1.82, 2.24) is 4.90 Å². The zero-order chi connectivity index (χ0) is 12.3. The highest BCUT2D eigenvalue weighted by atomic mass is 35.5. The summed E-state index contributed by atoms with van der Waals surface area (Å²) in [5, 5.41) is 0.632. The van der Waals surface area contributed by atoms with Crippen LogP contribution in [-0.4, -0.2) is 30.7 Å². The lowest BCUT2D eigenvalue weighted by atomic mass is 10.1. The number of hydrogen-bond donors (Lipinski definition) is 0. The van der Waals surface area contributed by atoms with E-state index in [1.54, 1.807) is 6.07 Å². The summed E-state index contributed by atoms with van der Waals surface area (Å²) < 4.78 is 18.6. The average molecular weight is 258 g/mol. The number of rotatable bonds is 3. The molecule has 1 aliphatic heterocycles. The molecule has 4 heteroatoms. The summed E-state index contributed by atoms with van der Waals surface area (Å²) >= 11 is 6.08. The zero-order valence-electron chi connectivity index (χ0n) is 9.96. The van der Waals surface area contributed by atoms with Gasteiger partial charge in [-0.15, -0.1) is 0 Å². The van der Waals surface area contributed by atoms with Crippen LogP contribution in [0.4, 0.5) is 4.39 Å². The summed E-state index contributed by atoms with van der Waals surface area (Å²) in [4.78, 5) is 2.31. The second-order valence-corrected chi connectivity index (χ2v) is 4.75. The predicted molar refractivity (Wildman–Crippen MR) is 66.7 cm³/mol. The molecule has 0 N–H and O–H groups in total. The normalized spacial score (nSPS) is 21.7. The molecule has 2 nitrogen and oxygen atoms in total. The van der Waals surface area contributed by atoms with Crippen LogP contribution in [0.3, 0.4) is 0 Å². The van der Waals surface area contributed by atoms with Crippen molar-refractivity contribution in [2.75, 3.05) is 19.8 Å². The quantitative estimate of drug-likeness (QED) is 0.825. The molecule has 1 fully saturated rings. The Morgan fingerprint density at radius 2 is 2.35 bits per heavy atom. The van der Waals surface area contributed by atoms with Crippen molar-refractivity contribution in [1.29, 1.82) is 0 Å². The van der Waals surface area contributed by atoms with E-state index in [-0.39, 0.29) is 5.82 Å². The minimum absolute atomic E-state index is 0.231. The van der Waals surface area contributed by atoms with E-state index in [0.29, 0.717) is 17.6 Å². The van der Waals surface area contributed by atoms with E-state index in [4.69, 9.17) is 16.3 Å². The summed E-state index contributed by atoms with van der Waals surface area (Å²) in [7, 11) is 0. The largest absolute Gasteiger partial charge is 0.378 e. The van der Waals surface area contributed by atoms with Crippen LogP contribution in [0.1, 0.15) is 18.9 Å².